The minimum atomic E-state index is -4.60. The number of nitrogens with one attached hydrogen (secondary N) is 1. The molecule has 0 bridgehead atoms. The number of aliphatic hydroxyl groups excluding tert-OH is 2. The average Bonchev–Trinajstić information content (AvgIpc) is 3.42. The van der Waals surface area contributed by atoms with Crippen LogP contribution < -0.4 is 14.8 Å². The fourth-order valence-electron chi connectivity index (χ4n) is 5.73. The van der Waals surface area contributed by atoms with E-state index in [1.165, 1.54) is 30.2 Å². The number of aliphatic hydroxyl groups is 2. The number of hydrogen-bond acceptors (Lipinski definition) is 7. The molecule has 9 nitrogen and oxygen atoms in total. The number of aldehydes is 1. The first-order valence-corrected chi connectivity index (χ1v) is 14.1. The Morgan fingerprint density at radius 1 is 1.09 bits per heavy atom. The SMILES string of the molecule is COc1cc(C=O)cc2c1O[C@@H]1[C@@H](O)[C@H](N(Cc3ccc(C)cc3)C(=O)c3ccc(C(F)(F)F)cc3)C=C(C(=O)NCCO)[C@H]21. The standard InChI is InChI=1S/C33H31F3N2O7/c1-18-3-5-19(6-4-18)16-38(32(43)21-7-9-22(10-8-21)33(34,35)36)25-15-24(31(42)37-11-12-39)27-23-13-20(17-40)14-26(44-2)29(23)45-30(27)28(25)41/h3-10,13-15,17,25,27-28,30,39,41H,11-12,16H2,1-2H3,(H,37,42)/t25-,27+,28+,30+/m1/s1. The fraction of sp³-hybridized carbons (Fsp3) is 0.303. The van der Waals surface area contributed by atoms with Gasteiger partial charge in [-0.05, 0) is 55.0 Å². The normalized spacial score (nSPS) is 20.3. The molecule has 2 aliphatic rings. The molecule has 1 aliphatic heterocycles. The van der Waals surface area contributed by atoms with Crippen molar-refractivity contribution < 1.29 is 47.2 Å². The molecule has 4 atom stereocenters. The van der Waals surface area contributed by atoms with E-state index in [1.807, 2.05) is 19.1 Å². The number of carbonyl (C=O) groups is 3. The molecule has 45 heavy (non-hydrogen) atoms. The van der Waals surface area contributed by atoms with Crippen LogP contribution in [0.5, 0.6) is 11.5 Å². The van der Waals surface area contributed by atoms with E-state index in [0.717, 1.165) is 29.8 Å². The van der Waals surface area contributed by atoms with Crippen LogP contribution in [0.3, 0.4) is 0 Å². The third-order valence-corrected chi connectivity index (χ3v) is 7.96. The molecule has 5 rings (SSSR count). The van der Waals surface area contributed by atoms with Crippen LogP contribution in [-0.2, 0) is 17.5 Å². The molecule has 0 saturated carbocycles. The van der Waals surface area contributed by atoms with Crippen molar-refractivity contribution in [3.05, 3.63) is 106 Å². The number of carbonyl (C=O) groups excluding carboxylic acids is 3. The van der Waals surface area contributed by atoms with Gasteiger partial charge in [0.05, 0.1) is 31.2 Å². The molecule has 0 aromatic heterocycles. The van der Waals surface area contributed by atoms with E-state index in [0.29, 0.717) is 17.4 Å². The lowest BCUT2D eigenvalue weighted by Crippen LogP contribution is -2.55. The summed E-state index contributed by atoms with van der Waals surface area (Å²) < 4.78 is 51.4. The van der Waals surface area contributed by atoms with Crippen molar-refractivity contribution >= 4 is 18.1 Å². The highest BCUT2D eigenvalue weighted by molar-refractivity contribution is 5.98. The molecular formula is C33H31F3N2O7. The number of hydrogen-bond donors (Lipinski definition) is 3. The Kier molecular flexibility index (Phi) is 8.98. The van der Waals surface area contributed by atoms with Crippen molar-refractivity contribution in [3.63, 3.8) is 0 Å². The molecule has 0 spiro atoms. The van der Waals surface area contributed by atoms with Crippen LogP contribution in [0.15, 0.2) is 72.3 Å². The maximum absolute atomic E-state index is 14.0. The second-order valence-corrected chi connectivity index (χ2v) is 10.9. The maximum atomic E-state index is 14.0. The highest BCUT2D eigenvalue weighted by Gasteiger charge is 2.51. The van der Waals surface area contributed by atoms with Gasteiger partial charge in [-0.3, -0.25) is 14.4 Å². The molecule has 2 amide bonds. The van der Waals surface area contributed by atoms with Gasteiger partial charge < -0.3 is 29.9 Å². The summed E-state index contributed by atoms with van der Waals surface area (Å²) in [5.41, 5.74) is 1.43. The van der Waals surface area contributed by atoms with Crippen molar-refractivity contribution in [2.45, 2.75) is 43.8 Å². The summed E-state index contributed by atoms with van der Waals surface area (Å²) in [7, 11) is 1.38. The van der Waals surface area contributed by atoms with Crippen LogP contribution in [0.2, 0.25) is 0 Å². The number of nitrogens with zero attached hydrogens (tertiary/aromatic N) is 1. The molecule has 3 N–H and O–H groups in total. The lowest BCUT2D eigenvalue weighted by atomic mass is 9.77. The minimum absolute atomic E-state index is 0.0583. The van der Waals surface area contributed by atoms with Crippen molar-refractivity contribution in [1.82, 2.24) is 10.2 Å². The summed E-state index contributed by atoms with van der Waals surface area (Å²) in [6.45, 7) is 1.40. The minimum Gasteiger partial charge on any atom is -0.493 e. The third kappa shape index (κ3) is 6.29. The zero-order chi connectivity index (χ0) is 32.5. The number of fused-ring (bicyclic) bond motifs is 3. The van der Waals surface area contributed by atoms with E-state index in [-0.39, 0.29) is 47.9 Å². The molecule has 0 saturated heterocycles. The molecule has 236 valence electrons. The number of alkyl halides is 3. The van der Waals surface area contributed by atoms with Crippen molar-refractivity contribution in [3.8, 4) is 11.5 Å². The summed E-state index contributed by atoms with van der Waals surface area (Å²) in [4.78, 5) is 40.5. The van der Waals surface area contributed by atoms with Crippen molar-refractivity contribution in [1.29, 1.82) is 0 Å². The van der Waals surface area contributed by atoms with Crippen LogP contribution in [0.1, 0.15) is 48.9 Å². The van der Waals surface area contributed by atoms with Crippen molar-refractivity contribution in [2.75, 3.05) is 20.3 Å². The van der Waals surface area contributed by atoms with Crippen LogP contribution in [-0.4, -0.2) is 71.7 Å². The van der Waals surface area contributed by atoms with Gasteiger partial charge >= 0.3 is 6.18 Å². The molecule has 0 fully saturated rings. The Morgan fingerprint density at radius 3 is 2.38 bits per heavy atom. The Morgan fingerprint density at radius 2 is 1.78 bits per heavy atom. The number of methoxy groups -OCH3 is 1. The molecule has 0 unspecified atom stereocenters. The van der Waals surface area contributed by atoms with Crippen LogP contribution in [0.4, 0.5) is 13.2 Å². The number of rotatable bonds is 9. The number of benzene rings is 3. The van der Waals surface area contributed by atoms with E-state index in [9.17, 15) is 37.8 Å². The van der Waals surface area contributed by atoms with E-state index in [4.69, 9.17) is 9.47 Å². The summed E-state index contributed by atoms with van der Waals surface area (Å²) >= 11 is 0. The summed E-state index contributed by atoms with van der Waals surface area (Å²) in [6.07, 6.45) is -5.09. The summed E-state index contributed by atoms with van der Waals surface area (Å²) in [5.74, 6) is -1.73. The van der Waals surface area contributed by atoms with Gasteiger partial charge in [-0.1, -0.05) is 29.8 Å². The number of ether oxygens (including phenoxy) is 2. The van der Waals surface area contributed by atoms with Gasteiger partial charge in [0.15, 0.2) is 11.5 Å². The van der Waals surface area contributed by atoms with Crippen LogP contribution >= 0.6 is 0 Å². The molecule has 1 heterocycles. The van der Waals surface area contributed by atoms with Gasteiger partial charge in [0.25, 0.3) is 5.91 Å². The maximum Gasteiger partial charge on any atom is 0.416 e. The van der Waals surface area contributed by atoms with E-state index >= 15 is 0 Å². The molecule has 0 radical (unpaired) electrons. The smallest absolute Gasteiger partial charge is 0.416 e. The highest BCUT2D eigenvalue weighted by atomic mass is 19.4. The highest BCUT2D eigenvalue weighted by Crippen LogP contribution is 2.51. The first kappa shape index (κ1) is 31.7. The second kappa shape index (κ2) is 12.7. The first-order valence-electron chi connectivity index (χ1n) is 14.1. The predicted molar refractivity (Wildman–Crippen MR) is 156 cm³/mol. The van der Waals surface area contributed by atoms with E-state index in [1.54, 1.807) is 12.1 Å². The Hall–Kier alpha value is -4.68. The number of aryl methyl sites for hydroxylation is 1. The largest absolute Gasteiger partial charge is 0.493 e. The third-order valence-electron chi connectivity index (χ3n) is 7.96. The zero-order valence-corrected chi connectivity index (χ0v) is 24.4. The first-order chi connectivity index (χ1) is 21.5. The molecule has 3 aromatic carbocycles. The monoisotopic (exact) mass is 624 g/mol. The van der Waals surface area contributed by atoms with Gasteiger partial charge in [-0.25, -0.2) is 0 Å². The summed E-state index contributed by atoms with van der Waals surface area (Å²) in [6, 6.07) is 12.8. The molecule has 1 aliphatic carbocycles. The quantitative estimate of drug-likeness (QED) is 0.310. The van der Waals surface area contributed by atoms with E-state index in [2.05, 4.69) is 5.32 Å². The summed E-state index contributed by atoms with van der Waals surface area (Å²) in [5, 5.41) is 23.8. The van der Waals surface area contributed by atoms with Gasteiger partial charge in [0.1, 0.15) is 18.5 Å². The zero-order valence-electron chi connectivity index (χ0n) is 24.4. The predicted octanol–water partition coefficient (Wildman–Crippen LogP) is 3.80. The van der Waals surface area contributed by atoms with Crippen LogP contribution in [0.25, 0.3) is 0 Å². The van der Waals surface area contributed by atoms with Gasteiger partial charge in [0, 0.05) is 35.4 Å². The Labute approximate surface area is 256 Å². The van der Waals surface area contributed by atoms with Crippen LogP contribution in [0, 0.1) is 6.92 Å². The Bertz CT molecular complexity index is 1620. The second-order valence-electron chi connectivity index (χ2n) is 10.9. The van der Waals surface area contributed by atoms with Gasteiger partial charge in [-0.15, -0.1) is 0 Å². The van der Waals surface area contributed by atoms with Gasteiger partial charge in [0.2, 0.25) is 5.91 Å². The molecule has 12 heteroatoms. The van der Waals surface area contributed by atoms with Crippen molar-refractivity contribution in [2.24, 2.45) is 0 Å². The number of amides is 2. The fourth-order valence-corrected chi connectivity index (χ4v) is 5.73. The lowest BCUT2D eigenvalue weighted by Gasteiger charge is -2.40. The Balaban J connectivity index is 1.62. The molecular weight excluding hydrogens is 593 g/mol. The topological polar surface area (TPSA) is 125 Å². The molecule has 3 aromatic rings. The number of halogens is 3. The lowest BCUT2D eigenvalue weighted by molar-refractivity contribution is -0.137. The van der Waals surface area contributed by atoms with Gasteiger partial charge in [-0.2, -0.15) is 13.2 Å². The van der Waals surface area contributed by atoms with E-state index < -0.39 is 47.7 Å². The average molecular weight is 625 g/mol.